The number of aliphatic hydroxyl groups excluding tert-OH is 1. The van der Waals surface area contributed by atoms with E-state index >= 15 is 0 Å². The molecule has 4 N–H and O–H groups in total. The summed E-state index contributed by atoms with van der Waals surface area (Å²) in [7, 11) is 0. The van der Waals surface area contributed by atoms with Crippen molar-refractivity contribution in [1.29, 1.82) is 0 Å². The van der Waals surface area contributed by atoms with Crippen molar-refractivity contribution in [1.82, 2.24) is 4.98 Å². The number of rotatable bonds is 3. The van der Waals surface area contributed by atoms with Crippen LogP contribution in [0.25, 0.3) is 0 Å². The molecular weight excluding hydrogens is 276 g/mol. The number of nitrogens with zero attached hydrogens (tertiary/aromatic N) is 1. The predicted octanol–water partition coefficient (Wildman–Crippen LogP) is 2.87. The van der Waals surface area contributed by atoms with Crippen LogP contribution in [0.5, 0.6) is 5.75 Å². The smallest absolute Gasteiger partial charge is 0.196 e. The summed E-state index contributed by atoms with van der Waals surface area (Å²) in [5, 5.41) is 33.0. The molecule has 1 heterocycles. The van der Waals surface area contributed by atoms with Crippen molar-refractivity contribution in [2.75, 3.05) is 5.32 Å². The van der Waals surface area contributed by atoms with Crippen molar-refractivity contribution in [3.8, 4) is 5.75 Å². The third-order valence-corrected chi connectivity index (χ3v) is 3.67. The molecule has 20 heavy (non-hydrogen) atoms. The Morgan fingerprint density at radius 1 is 1.25 bits per heavy atom. The molecule has 0 aliphatic carbocycles. The second kappa shape index (κ2) is 5.40. The van der Waals surface area contributed by atoms with Gasteiger partial charge in [-0.2, -0.15) is 0 Å². The van der Waals surface area contributed by atoms with Crippen molar-refractivity contribution in [2.45, 2.75) is 32.5 Å². The molecule has 0 radical (unpaired) electrons. The summed E-state index contributed by atoms with van der Waals surface area (Å²) in [4.78, 5) is 4.03. The molecule has 0 aliphatic rings. The Morgan fingerprint density at radius 3 is 2.50 bits per heavy atom. The number of hydrogen-bond acceptors (Lipinski definition) is 6. The number of aromatic hydroxyl groups is 1. The van der Waals surface area contributed by atoms with Gasteiger partial charge in [0.25, 0.3) is 0 Å². The maximum absolute atomic E-state index is 9.89. The fourth-order valence-corrected chi connectivity index (χ4v) is 2.41. The van der Waals surface area contributed by atoms with Gasteiger partial charge in [0.15, 0.2) is 11.4 Å². The second-order valence-electron chi connectivity index (χ2n) is 5.56. The zero-order valence-corrected chi connectivity index (χ0v) is 12.4. The van der Waals surface area contributed by atoms with Gasteiger partial charge in [-0.15, -0.1) is 11.3 Å². The molecule has 1 aromatic heterocycles. The van der Waals surface area contributed by atoms with E-state index in [1.807, 2.05) is 12.1 Å². The van der Waals surface area contributed by atoms with Gasteiger partial charge in [-0.1, -0.05) is 26.8 Å². The van der Waals surface area contributed by atoms with Gasteiger partial charge in [0.2, 0.25) is 0 Å². The van der Waals surface area contributed by atoms with E-state index in [0.717, 1.165) is 5.56 Å². The van der Waals surface area contributed by atoms with Crippen LogP contribution in [0, 0.1) is 0 Å². The van der Waals surface area contributed by atoms with Gasteiger partial charge < -0.3 is 20.6 Å². The molecule has 0 spiro atoms. The molecular formula is C14H18N2O3S. The number of aliphatic hydroxyl groups is 2. The maximum Gasteiger partial charge on any atom is 0.196 e. The fourth-order valence-electron chi connectivity index (χ4n) is 1.68. The molecule has 1 aromatic carbocycles. The lowest BCUT2D eigenvalue weighted by atomic mass is 9.87. The molecule has 2 aromatic rings. The minimum Gasteiger partial charge on any atom is -0.506 e. The van der Waals surface area contributed by atoms with Crippen LogP contribution in [0.2, 0.25) is 0 Å². The summed E-state index contributed by atoms with van der Waals surface area (Å²) in [6.45, 7) is 6.27. The Hall–Kier alpha value is -1.63. The zero-order valence-electron chi connectivity index (χ0n) is 11.6. The highest BCUT2D eigenvalue weighted by molar-refractivity contribution is 7.13. The molecule has 5 nitrogen and oxygen atoms in total. The predicted molar refractivity (Wildman–Crippen MR) is 79.4 cm³/mol. The number of phenols is 1. The van der Waals surface area contributed by atoms with Crippen molar-refractivity contribution in [3.05, 3.63) is 34.8 Å². The van der Waals surface area contributed by atoms with Crippen LogP contribution < -0.4 is 5.32 Å². The van der Waals surface area contributed by atoms with Gasteiger partial charge in [-0.3, -0.25) is 0 Å². The summed E-state index contributed by atoms with van der Waals surface area (Å²) in [6.07, 6.45) is -1.59. The zero-order chi connectivity index (χ0) is 14.9. The third-order valence-electron chi connectivity index (χ3n) is 2.89. The average molecular weight is 294 g/mol. The molecule has 0 saturated heterocycles. The number of aromatic nitrogens is 1. The fraction of sp³-hybridized carbons (Fsp3) is 0.357. The van der Waals surface area contributed by atoms with Crippen molar-refractivity contribution < 1.29 is 15.3 Å². The Morgan fingerprint density at radius 2 is 1.95 bits per heavy atom. The largest absolute Gasteiger partial charge is 0.506 e. The first-order chi connectivity index (χ1) is 9.27. The molecule has 0 fully saturated rings. The Kier molecular flexibility index (Phi) is 3.99. The summed E-state index contributed by atoms with van der Waals surface area (Å²) in [5.41, 5.74) is 1.78. The van der Waals surface area contributed by atoms with Gasteiger partial charge >= 0.3 is 0 Å². The molecule has 2 rings (SSSR count). The third kappa shape index (κ3) is 3.27. The van der Waals surface area contributed by atoms with Crippen LogP contribution in [-0.2, 0) is 5.41 Å². The number of anilines is 2. The van der Waals surface area contributed by atoms with Gasteiger partial charge in [-0.05, 0) is 23.1 Å². The van der Waals surface area contributed by atoms with Crippen LogP contribution in [0.15, 0.2) is 23.6 Å². The molecule has 6 heteroatoms. The lowest BCUT2D eigenvalue weighted by Gasteiger charge is -2.20. The topological polar surface area (TPSA) is 85.6 Å². The lowest BCUT2D eigenvalue weighted by molar-refractivity contribution is -0.0453. The van der Waals surface area contributed by atoms with E-state index in [1.165, 1.54) is 11.3 Å². The summed E-state index contributed by atoms with van der Waals surface area (Å²) >= 11 is 1.24. The highest BCUT2D eigenvalue weighted by Crippen LogP contribution is 2.33. The lowest BCUT2D eigenvalue weighted by Crippen LogP contribution is -2.11. The first-order valence-corrected chi connectivity index (χ1v) is 7.07. The number of nitrogens with one attached hydrogen (secondary N) is 1. The van der Waals surface area contributed by atoms with Gasteiger partial charge in [-0.25, -0.2) is 4.98 Å². The summed E-state index contributed by atoms with van der Waals surface area (Å²) in [6, 6.07) is 5.38. The van der Waals surface area contributed by atoms with E-state index < -0.39 is 6.29 Å². The van der Waals surface area contributed by atoms with Crippen LogP contribution in [0.1, 0.15) is 38.3 Å². The monoisotopic (exact) mass is 294 g/mol. The number of phenolic OH excluding ortho intramolecular Hbond substituents is 1. The molecule has 108 valence electrons. The highest BCUT2D eigenvalue weighted by atomic mass is 32.1. The van der Waals surface area contributed by atoms with E-state index in [4.69, 9.17) is 10.2 Å². The van der Waals surface area contributed by atoms with Crippen LogP contribution in [0.3, 0.4) is 0 Å². The summed E-state index contributed by atoms with van der Waals surface area (Å²) < 4.78 is 0. The number of thiazole rings is 1. The van der Waals surface area contributed by atoms with Gasteiger partial charge in [0, 0.05) is 5.38 Å². The van der Waals surface area contributed by atoms with E-state index in [9.17, 15) is 5.11 Å². The molecule has 0 bridgehead atoms. The first kappa shape index (κ1) is 14.8. The SMILES string of the molecule is CC(C)(C)c1ccc(O)c(Nc2nc(C(O)O)cs2)c1. The molecule has 0 amide bonds. The van der Waals surface area contributed by atoms with Crippen LogP contribution in [-0.4, -0.2) is 20.3 Å². The molecule has 0 atom stereocenters. The maximum atomic E-state index is 9.89. The van der Waals surface area contributed by atoms with Crippen molar-refractivity contribution in [2.24, 2.45) is 0 Å². The highest BCUT2D eigenvalue weighted by Gasteiger charge is 2.16. The molecule has 0 aliphatic heterocycles. The van der Waals surface area contributed by atoms with Gasteiger partial charge in [0.05, 0.1) is 5.69 Å². The number of benzene rings is 1. The Balaban J connectivity index is 2.28. The molecule has 0 unspecified atom stereocenters. The van der Waals surface area contributed by atoms with Crippen molar-refractivity contribution in [3.63, 3.8) is 0 Å². The summed E-state index contributed by atoms with van der Waals surface area (Å²) in [5.74, 6) is 0.124. The quantitative estimate of drug-likeness (QED) is 0.516. The van der Waals surface area contributed by atoms with Gasteiger partial charge in [0.1, 0.15) is 11.4 Å². The van der Waals surface area contributed by atoms with E-state index in [2.05, 4.69) is 31.1 Å². The Labute approximate surface area is 121 Å². The second-order valence-corrected chi connectivity index (χ2v) is 6.42. The normalized spacial score (nSPS) is 11.9. The minimum absolute atomic E-state index is 0.0283. The van der Waals surface area contributed by atoms with E-state index in [-0.39, 0.29) is 16.9 Å². The van der Waals surface area contributed by atoms with Crippen LogP contribution >= 0.6 is 11.3 Å². The first-order valence-electron chi connectivity index (χ1n) is 6.19. The minimum atomic E-state index is -1.59. The van der Waals surface area contributed by atoms with E-state index in [0.29, 0.717) is 10.8 Å². The molecule has 0 saturated carbocycles. The van der Waals surface area contributed by atoms with Crippen LogP contribution in [0.4, 0.5) is 10.8 Å². The Bertz CT molecular complexity index is 603. The standard InChI is InChI=1S/C14H18N2O3S/c1-14(2,3)8-4-5-11(17)9(6-8)15-13-16-10(7-20-13)12(18)19/h4-7,12,17-19H,1-3H3,(H,15,16). The average Bonchev–Trinajstić information content (AvgIpc) is 2.79. The number of hydrogen-bond donors (Lipinski definition) is 4. The van der Waals surface area contributed by atoms with E-state index in [1.54, 1.807) is 11.4 Å². The van der Waals surface area contributed by atoms with Crippen molar-refractivity contribution >= 4 is 22.2 Å².